The Kier molecular flexibility index (Phi) is 4.71. The smallest absolute Gasteiger partial charge is 0.416 e. The molecule has 4 N–H and O–H groups in total. The van der Waals surface area contributed by atoms with E-state index in [1.165, 1.54) is 36.6 Å². The zero-order valence-corrected chi connectivity index (χ0v) is 14.0. The van der Waals surface area contributed by atoms with Crippen LogP contribution < -0.4 is 5.73 Å². The fourth-order valence-corrected chi connectivity index (χ4v) is 2.75. The minimum absolute atomic E-state index is 0.0200. The number of aromatic hydroxyl groups is 1. The van der Waals surface area contributed by atoms with Crippen LogP contribution in [0.1, 0.15) is 11.1 Å². The molecule has 3 aromatic rings. The van der Waals surface area contributed by atoms with E-state index < -0.39 is 17.6 Å². The Morgan fingerprint density at radius 3 is 2.39 bits per heavy atom. The average molecular weight is 387 g/mol. The Morgan fingerprint density at radius 1 is 1.14 bits per heavy atom. The molecule has 0 spiro atoms. The number of amidine groups is 1. The molecule has 1 aromatic heterocycles. The number of nitrogens with two attached hydrogens (primary N) is 1. The molecule has 0 bridgehead atoms. The minimum Gasteiger partial charge on any atom is -0.508 e. The van der Waals surface area contributed by atoms with Gasteiger partial charge in [0, 0.05) is 11.1 Å². The van der Waals surface area contributed by atoms with Crippen molar-refractivity contribution in [3.05, 3.63) is 71.3 Å². The van der Waals surface area contributed by atoms with Crippen molar-refractivity contribution in [3.8, 4) is 28.2 Å². The van der Waals surface area contributed by atoms with Gasteiger partial charge < -0.3 is 20.5 Å². The van der Waals surface area contributed by atoms with Gasteiger partial charge in [0.25, 0.3) is 0 Å². The number of hydrogen-bond acceptors (Lipinski definition) is 4. The molecule has 0 unspecified atom stereocenters. The summed E-state index contributed by atoms with van der Waals surface area (Å²) in [6.45, 7) is 7.26. The second-order valence-electron chi connectivity index (χ2n) is 5.72. The van der Waals surface area contributed by atoms with Gasteiger partial charge in [0.1, 0.15) is 11.5 Å². The predicted octanol–water partition coefficient (Wildman–Crippen LogP) is 4.98. The number of phenolic OH excluding ortho intramolecular Hbond substituents is 1. The first kappa shape index (κ1) is 18.8. The van der Waals surface area contributed by atoms with Crippen molar-refractivity contribution in [2.75, 3.05) is 0 Å². The highest BCUT2D eigenvalue weighted by Crippen LogP contribution is 2.44. The number of halogens is 3. The van der Waals surface area contributed by atoms with Crippen molar-refractivity contribution in [1.82, 2.24) is 0 Å². The molecule has 0 fully saturated rings. The van der Waals surface area contributed by atoms with Gasteiger partial charge in [0.15, 0.2) is 5.84 Å². The van der Waals surface area contributed by atoms with Gasteiger partial charge in [-0.25, -0.2) is 4.85 Å². The van der Waals surface area contributed by atoms with Crippen molar-refractivity contribution >= 4 is 11.5 Å². The monoisotopic (exact) mass is 387 g/mol. The van der Waals surface area contributed by atoms with E-state index in [1.807, 2.05) is 0 Å². The van der Waals surface area contributed by atoms with E-state index >= 15 is 0 Å². The van der Waals surface area contributed by atoms with Gasteiger partial charge in [-0.05, 0) is 41.5 Å². The molecule has 6 nitrogen and oxygen atoms in total. The fraction of sp³-hybridized carbons (Fsp3) is 0.0526. The first-order valence-corrected chi connectivity index (χ1v) is 7.74. The van der Waals surface area contributed by atoms with Crippen molar-refractivity contribution < 1.29 is 27.9 Å². The summed E-state index contributed by atoms with van der Waals surface area (Å²) < 4.78 is 45.7. The first-order chi connectivity index (χ1) is 13.3. The molecule has 142 valence electrons. The Hall–Kier alpha value is -3.93. The molecule has 0 saturated heterocycles. The molecule has 0 atom stereocenters. The summed E-state index contributed by atoms with van der Waals surface area (Å²) in [5, 5.41) is 21.4. The van der Waals surface area contributed by atoms with Crippen LogP contribution in [0.3, 0.4) is 0 Å². The maximum atomic E-state index is 13.5. The van der Waals surface area contributed by atoms with Crippen LogP contribution in [0, 0.1) is 6.57 Å². The molecule has 0 amide bonds. The Labute approximate surface area is 156 Å². The summed E-state index contributed by atoms with van der Waals surface area (Å²) in [7, 11) is 0. The van der Waals surface area contributed by atoms with Crippen molar-refractivity contribution in [2.45, 2.75) is 6.18 Å². The number of alkyl halides is 3. The standard InChI is InChI=1S/C19H12F3N3O3/c1-24-15-6-7-28-17(15)16-13(10-2-4-12(26)5-3-10)8-11(19(20,21)22)9-14(16)18(23)25-27/h2-9,26-27H,(H2,23,25). The number of rotatable bonds is 3. The molecule has 28 heavy (non-hydrogen) atoms. The summed E-state index contributed by atoms with van der Waals surface area (Å²) in [5.41, 5.74) is 4.82. The normalized spacial score (nSPS) is 12.0. The lowest BCUT2D eigenvalue weighted by molar-refractivity contribution is -0.137. The summed E-state index contributed by atoms with van der Waals surface area (Å²) in [6, 6.07) is 8.39. The molecule has 1 heterocycles. The van der Waals surface area contributed by atoms with Gasteiger partial charge in [0.05, 0.1) is 18.4 Å². The third-order valence-corrected chi connectivity index (χ3v) is 4.02. The lowest BCUT2D eigenvalue weighted by atomic mass is 9.90. The Bertz CT molecular complexity index is 1090. The predicted molar refractivity (Wildman–Crippen MR) is 95.0 cm³/mol. The van der Waals surface area contributed by atoms with Crippen LogP contribution in [0.5, 0.6) is 5.75 Å². The van der Waals surface area contributed by atoms with Crippen LogP contribution in [0.2, 0.25) is 0 Å². The number of nitrogens with zero attached hydrogens (tertiary/aromatic N) is 2. The quantitative estimate of drug-likeness (QED) is 0.194. The van der Waals surface area contributed by atoms with Crippen LogP contribution >= 0.6 is 0 Å². The van der Waals surface area contributed by atoms with Crippen molar-refractivity contribution in [2.24, 2.45) is 10.9 Å². The van der Waals surface area contributed by atoms with Gasteiger partial charge in [-0.15, -0.1) is 0 Å². The lowest BCUT2D eigenvalue weighted by Crippen LogP contribution is -2.17. The van der Waals surface area contributed by atoms with E-state index in [0.717, 1.165) is 12.1 Å². The molecule has 0 aliphatic rings. The number of benzene rings is 2. The molecular formula is C19H12F3N3O3. The zero-order valence-electron chi connectivity index (χ0n) is 14.0. The molecule has 0 saturated carbocycles. The number of hydrogen-bond donors (Lipinski definition) is 3. The molecule has 0 radical (unpaired) electrons. The molecule has 0 aliphatic carbocycles. The molecule has 0 aliphatic heterocycles. The molecule has 2 aromatic carbocycles. The van der Waals surface area contributed by atoms with Crippen molar-refractivity contribution in [1.29, 1.82) is 0 Å². The highest BCUT2D eigenvalue weighted by atomic mass is 19.4. The minimum atomic E-state index is -4.71. The van der Waals surface area contributed by atoms with Crippen LogP contribution in [-0.4, -0.2) is 16.1 Å². The van der Waals surface area contributed by atoms with E-state index in [1.54, 1.807) is 0 Å². The van der Waals surface area contributed by atoms with E-state index in [0.29, 0.717) is 5.56 Å². The number of furan rings is 1. The summed E-state index contributed by atoms with van der Waals surface area (Å²) in [6.07, 6.45) is -3.49. The third kappa shape index (κ3) is 3.35. The lowest BCUT2D eigenvalue weighted by Gasteiger charge is -2.17. The third-order valence-electron chi connectivity index (χ3n) is 4.02. The van der Waals surface area contributed by atoms with E-state index in [9.17, 15) is 18.3 Å². The Morgan fingerprint density at radius 2 is 1.82 bits per heavy atom. The van der Waals surface area contributed by atoms with Gasteiger partial charge in [-0.3, -0.25) is 0 Å². The van der Waals surface area contributed by atoms with Gasteiger partial charge >= 0.3 is 6.18 Å². The van der Waals surface area contributed by atoms with E-state index in [2.05, 4.69) is 10.0 Å². The highest BCUT2D eigenvalue weighted by molar-refractivity contribution is 6.07. The van der Waals surface area contributed by atoms with Crippen LogP contribution in [-0.2, 0) is 6.18 Å². The maximum absolute atomic E-state index is 13.5. The topological polar surface area (TPSA) is 96.3 Å². The summed E-state index contributed by atoms with van der Waals surface area (Å²) in [5.74, 6) is -0.671. The fourth-order valence-electron chi connectivity index (χ4n) is 2.75. The SMILES string of the molecule is [C-]#[N+]c1ccoc1-c1c(/C(N)=N\O)cc(C(F)(F)F)cc1-c1ccc(O)cc1. The van der Waals surface area contributed by atoms with Crippen LogP contribution in [0.25, 0.3) is 27.3 Å². The number of phenols is 1. The summed E-state index contributed by atoms with van der Waals surface area (Å²) in [4.78, 5) is 3.30. The number of oxime groups is 1. The zero-order chi connectivity index (χ0) is 20.5. The molecule has 3 rings (SSSR count). The van der Waals surface area contributed by atoms with Crippen LogP contribution in [0.15, 0.2) is 58.3 Å². The molecular weight excluding hydrogens is 375 g/mol. The first-order valence-electron chi connectivity index (χ1n) is 7.74. The van der Waals surface area contributed by atoms with E-state index in [4.69, 9.17) is 21.9 Å². The summed E-state index contributed by atoms with van der Waals surface area (Å²) >= 11 is 0. The maximum Gasteiger partial charge on any atom is 0.416 e. The van der Waals surface area contributed by atoms with Crippen molar-refractivity contribution in [3.63, 3.8) is 0 Å². The highest BCUT2D eigenvalue weighted by Gasteiger charge is 2.34. The van der Waals surface area contributed by atoms with Crippen LogP contribution in [0.4, 0.5) is 18.9 Å². The van der Waals surface area contributed by atoms with Gasteiger partial charge in [-0.2, -0.15) is 13.2 Å². The Balaban J connectivity index is 2.46. The molecule has 9 heteroatoms. The average Bonchev–Trinajstić information content (AvgIpc) is 3.14. The van der Waals surface area contributed by atoms with Gasteiger partial charge in [-0.1, -0.05) is 17.3 Å². The van der Waals surface area contributed by atoms with E-state index in [-0.39, 0.29) is 33.9 Å². The van der Waals surface area contributed by atoms with Gasteiger partial charge in [0.2, 0.25) is 5.69 Å². The second kappa shape index (κ2) is 7.00. The second-order valence-corrected chi connectivity index (χ2v) is 5.72. The largest absolute Gasteiger partial charge is 0.508 e.